The van der Waals surface area contributed by atoms with E-state index in [0.717, 1.165) is 17.7 Å². The van der Waals surface area contributed by atoms with Crippen LogP contribution in [0.15, 0.2) is 53.5 Å². The Morgan fingerprint density at radius 2 is 2.03 bits per heavy atom. The first-order valence-corrected chi connectivity index (χ1v) is 9.46. The summed E-state index contributed by atoms with van der Waals surface area (Å²) in [5.74, 6) is 0.842. The van der Waals surface area contributed by atoms with E-state index in [1.165, 1.54) is 6.07 Å². The van der Waals surface area contributed by atoms with Gasteiger partial charge in [-0.15, -0.1) is 0 Å². The number of ether oxygens (including phenoxy) is 1. The summed E-state index contributed by atoms with van der Waals surface area (Å²) < 4.78 is 44.8. The number of aliphatic imine (C=N–C) groups is 1. The van der Waals surface area contributed by atoms with Gasteiger partial charge in [0.05, 0.1) is 25.3 Å². The maximum absolute atomic E-state index is 13.0. The van der Waals surface area contributed by atoms with Crippen molar-refractivity contribution in [3.8, 4) is 5.75 Å². The van der Waals surface area contributed by atoms with Crippen LogP contribution in [0.25, 0.3) is 0 Å². The number of nitrogens with one attached hydrogen (secondary N) is 1. The summed E-state index contributed by atoms with van der Waals surface area (Å²) in [6, 6.07) is 12.1. The van der Waals surface area contributed by atoms with Crippen LogP contribution in [0.2, 0.25) is 0 Å². The van der Waals surface area contributed by atoms with Crippen LogP contribution < -0.4 is 5.32 Å². The minimum Gasteiger partial charge on any atom is -0.508 e. The van der Waals surface area contributed by atoms with Crippen molar-refractivity contribution in [2.24, 2.45) is 4.99 Å². The Labute approximate surface area is 167 Å². The molecule has 0 saturated carbocycles. The van der Waals surface area contributed by atoms with E-state index < -0.39 is 17.8 Å². The Morgan fingerprint density at radius 1 is 1.24 bits per heavy atom. The minimum absolute atomic E-state index is 0.179. The van der Waals surface area contributed by atoms with Gasteiger partial charge in [0.2, 0.25) is 0 Å². The number of alkyl halides is 3. The smallest absolute Gasteiger partial charge is 0.416 e. The van der Waals surface area contributed by atoms with Crippen molar-refractivity contribution in [1.82, 2.24) is 10.2 Å². The van der Waals surface area contributed by atoms with Gasteiger partial charge >= 0.3 is 6.18 Å². The highest BCUT2D eigenvalue weighted by atomic mass is 19.4. The number of benzene rings is 2. The summed E-state index contributed by atoms with van der Waals surface area (Å²) in [5.41, 5.74) is 0.677. The highest BCUT2D eigenvalue weighted by Crippen LogP contribution is 2.32. The third-order valence-corrected chi connectivity index (χ3v) is 4.61. The molecule has 1 aliphatic rings. The molecule has 1 aliphatic heterocycles. The molecule has 0 aliphatic carbocycles. The molecule has 0 amide bonds. The number of phenolic OH excluding ortho intramolecular Hbond substituents is 1. The van der Waals surface area contributed by atoms with Crippen LogP contribution in [0.4, 0.5) is 13.2 Å². The average Bonchev–Trinajstić information content (AvgIpc) is 2.71. The molecule has 1 atom stereocenters. The van der Waals surface area contributed by atoms with Crippen LogP contribution in [0.1, 0.15) is 29.7 Å². The third kappa shape index (κ3) is 5.63. The van der Waals surface area contributed by atoms with Crippen molar-refractivity contribution in [3.63, 3.8) is 0 Å². The highest BCUT2D eigenvalue weighted by molar-refractivity contribution is 5.80. The fourth-order valence-electron chi connectivity index (χ4n) is 3.21. The number of hydrogen-bond acceptors (Lipinski definition) is 3. The average molecular weight is 407 g/mol. The van der Waals surface area contributed by atoms with Gasteiger partial charge in [0.15, 0.2) is 5.96 Å². The van der Waals surface area contributed by atoms with Gasteiger partial charge in [-0.05, 0) is 42.3 Å². The van der Waals surface area contributed by atoms with E-state index in [1.54, 1.807) is 24.3 Å². The molecular formula is C21H24F3N3O2. The lowest BCUT2D eigenvalue weighted by atomic mass is 10.0. The van der Waals surface area contributed by atoms with E-state index in [1.807, 2.05) is 17.9 Å². The van der Waals surface area contributed by atoms with E-state index in [2.05, 4.69) is 10.3 Å². The van der Waals surface area contributed by atoms with Crippen LogP contribution in [0, 0.1) is 0 Å². The summed E-state index contributed by atoms with van der Waals surface area (Å²) in [7, 11) is 0. The van der Waals surface area contributed by atoms with Gasteiger partial charge < -0.3 is 20.1 Å². The molecule has 0 spiro atoms. The number of phenols is 1. The fraction of sp³-hybridized carbons (Fsp3) is 0.381. The molecule has 29 heavy (non-hydrogen) atoms. The van der Waals surface area contributed by atoms with Crippen molar-refractivity contribution in [2.75, 3.05) is 26.2 Å². The molecule has 1 unspecified atom stereocenters. The van der Waals surface area contributed by atoms with E-state index in [-0.39, 0.29) is 5.75 Å². The third-order valence-electron chi connectivity index (χ3n) is 4.61. The number of rotatable bonds is 4. The molecule has 156 valence electrons. The number of aromatic hydroxyl groups is 1. The van der Waals surface area contributed by atoms with Gasteiger partial charge in [-0.3, -0.25) is 0 Å². The van der Waals surface area contributed by atoms with E-state index in [4.69, 9.17) is 4.74 Å². The lowest BCUT2D eigenvalue weighted by Crippen LogP contribution is -2.48. The fourth-order valence-corrected chi connectivity index (χ4v) is 3.21. The maximum atomic E-state index is 13.0. The topological polar surface area (TPSA) is 57.1 Å². The number of hydrogen-bond donors (Lipinski definition) is 2. The Morgan fingerprint density at radius 3 is 2.76 bits per heavy atom. The zero-order valence-corrected chi connectivity index (χ0v) is 16.1. The maximum Gasteiger partial charge on any atom is 0.416 e. The molecule has 2 aromatic carbocycles. The quantitative estimate of drug-likeness (QED) is 0.595. The normalized spacial score (nSPS) is 18.0. The molecule has 5 nitrogen and oxygen atoms in total. The molecule has 1 fully saturated rings. The van der Waals surface area contributed by atoms with Crippen LogP contribution >= 0.6 is 0 Å². The molecule has 2 aromatic rings. The number of halogens is 3. The van der Waals surface area contributed by atoms with Gasteiger partial charge in [0.1, 0.15) is 11.9 Å². The monoisotopic (exact) mass is 407 g/mol. The first-order valence-electron chi connectivity index (χ1n) is 9.46. The molecule has 1 heterocycles. The predicted octanol–water partition coefficient (Wildman–Crippen LogP) is 3.95. The molecule has 8 heteroatoms. The Kier molecular flexibility index (Phi) is 6.64. The highest BCUT2D eigenvalue weighted by Gasteiger charge is 2.32. The SMILES string of the molecule is CCNC(=NCc1cccc(O)c1)N1CCOC(c2cccc(C(F)(F)F)c2)C1. The first-order chi connectivity index (χ1) is 13.9. The van der Waals surface area contributed by atoms with Gasteiger partial charge in [0, 0.05) is 13.1 Å². The number of nitrogens with zero attached hydrogens (tertiary/aromatic N) is 2. The summed E-state index contributed by atoms with van der Waals surface area (Å²) >= 11 is 0. The predicted molar refractivity (Wildman–Crippen MR) is 105 cm³/mol. The zero-order chi connectivity index (χ0) is 20.9. The summed E-state index contributed by atoms with van der Waals surface area (Å²) in [6.07, 6.45) is -4.86. The number of guanidine groups is 1. The van der Waals surface area contributed by atoms with Gasteiger partial charge in [-0.1, -0.05) is 24.3 Å². The van der Waals surface area contributed by atoms with E-state index in [9.17, 15) is 18.3 Å². The van der Waals surface area contributed by atoms with Crippen molar-refractivity contribution in [2.45, 2.75) is 25.7 Å². The minimum atomic E-state index is -4.39. The second-order valence-electron chi connectivity index (χ2n) is 6.77. The van der Waals surface area contributed by atoms with Crippen LogP contribution in [0.3, 0.4) is 0 Å². The first kappa shape index (κ1) is 21.0. The van der Waals surface area contributed by atoms with Crippen molar-refractivity contribution in [1.29, 1.82) is 0 Å². The lowest BCUT2D eigenvalue weighted by Gasteiger charge is -2.35. The summed E-state index contributed by atoms with van der Waals surface area (Å²) in [5, 5.41) is 12.8. The second-order valence-corrected chi connectivity index (χ2v) is 6.77. The van der Waals surface area contributed by atoms with Crippen LogP contribution in [-0.4, -0.2) is 42.2 Å². The standard InChI is InChI=1S/C21H24F3N3O2/c1-2-25-20(26-13-15-5-3-8-18(28)11-15)27-9-10-29-19(14-27)16-6-4-7-17(12-16)21(22,23)24/h3-8,11-12,19,28H,2,9-10,13-14H2,1H3,(H,25,26). The molecule has 0 aromatic heterocycles. The van der Waals surface area contributed by atoms with Gasteiger partial charge in [-0.2, -0.15) is 13.2 Å². The molecular weight excluding hydrogens is 383 g/mol. The summed E-state index contributed by atoms with van der Waals surface area (Å²) in [6.45, 7) is 4.35. The van der Waals surface area contributed by atoms with Crippen LogP contribution in [0.5, 0.6) is 5.75 Å². The molecule has 0 bridgehead atoms. The number of morpholine rings is 1. The molecule has 0 radical (unpaired) electrons. The van der Waals surface area contributed by atoms with Crippen molar-refractivity contribution in [3.05, 3.63) is 65.2 Å². The second kappa shape index (κ2) is 9.17. The van der Waals surface area contributed by atoms with E-state index >= 15 is 0 Å². The van der Waals surface area contributed by atoms with Gasteiger partial charge in [0.25, 0.3) is 0 Å². The largest absolute Gasteiger partial charge is 0.508 e. The lowest BCUT2D eigenvalue weighted by molar-refractivity contribution is -0.137. The Hall–Kier alpha value is -2.74. The molecule has 2 N–H and O–H groups in total. The zero-order valence-electron chi connectivity index (χ0n) is 16.1. The van der Waals surface area contributed by atoms with Crippen LogP contribution in [-0.2, 0) is 17.5 Å². The molecule has 3 rings (SSSR count). The van der Waals surface area contributed by atoms with Crippen molar-refractivity contribution >= 4 is 5.96 Å². The van der Waals surface area contributed by atoms with E-state index in [0.29, 0.717) is 44.3 Å². The van der Waals surface area contributed by atoms with Crippen molar-refractivity contribution < 1.29 is 23.0 Å². The Bertz CT molecular complexity index is 855. The Balaban J connectivity index is 1.76. The summed E-state index contributed by atoms with van der Waals surface area (Å²) in [4.78, 5) is 6.61. The van der Waals surface area contributed by atoms with Gasteiger partial charge in [-0.25, -0.2) is 4.99 Å². The molecule has 1 saturated heterocycles.